The van der Waals surface area contributed by atoms with Crippen molar-refractivity contribution in [3.8, 4) is 0 Å². The third-order valence-electron chi connectivity index (χ3n) is 5.61. The van der Waals surface area contributed by atoms with Crippen LogP contribution in [0.15, 0.2) is 46.9 Å². The van der Waals surface area contributed by atoms with Crippen LogP contribution in [0.4, 0.5) is 14.9 Å². The summed E-state index contributed by atoms with van der Waals surface area (Å²) in [5.41, 5.74) is 1.79. The van der Waals surface area contributed by atoms with Crippen LogP contribution in [0.3, 0.4) is 0 Å². The summed E-state index contributed by atoms with van der Waals surface area (Å²) in [7, 11) is 0. The zero-order valence-electron chi connectivity index (χ0n) is 16.6. The van der Waals surface area contributed by atoms with Crippen LogP contribution in [0.1, 0.15) is 41.9 Å². The van der Waals surface area contributed by atoms with Gasteiger partial charge < -0.3 is 19.9 Å². The van der Waals surface area contributed by atoms with E-state index in [9.17, 15) is 14.0 Å². The van der Waals surface area contributed by atoms with E-state index in [1.807, 2.05) is 18.2 Å². The number of hydrogen-bond donors (Lipinski definition) is 1. The largest absolute Gasteiger partial charge is 0.450 e. The molecule has 0 saturated carbocycles. The van der Waals surface area contributed by atoms with Gasteiger partial charge in [-0.25, -0.2) is 9.18 Å². The first-order chi connectivity index (χ1) is 14.5. The molecule has 0 radical (unpaired) electrons. The Morgan fingerprint density at radius 3 is 2.67 bits per heavy atom. The van der Waals surface area contributed by atoms with E-state index in [0.29, 0.717) is 48.3 Å². The van der Waals surface area contributed by atoms with Gasteiger partial charge in [0.15, 0.2) is 0 Å². The smallest absolute Gasteiger partial charge is 0.409 e. The molecule has 2 aromatic carbocycles. The molecule has 8 heteroatoms. The number of anilines is 1. The number of piperidine rings is 1. The Morgan fingerprint density at radius 2 is 1.97 bits per heavy atom. The minimum Gasteiger partial charge on any atom is -0.450 e. The summed E-state index contributed by atoms with van der Waals surface area (Å²) in [6.07, 6.45) is 0.487. The van der Waals surface area contributed by atoms with Gasteiger partial charge in [-0.3, -0.25) is 4.79 Å². The molecule has 4 rings (SSSR count). The van der Waals surface area contributed by atoms with Gasteiger partial charge >= 0.3 is 6.09 Å². The average Bonchev–Trinajstić information content (AvgIpc) is 3.02. The molecule has 0 spiro atoms. The normalized spacial score (nSPS) is 19.0. The Labute approximate surface area is 183 Å². The molecule has 1 N–H and O–H groups in total. The number of rotatable bonds is 4. The minimum atomic E-state index is -0.469. The zero-order valence-corrected chi connectivity index (χ0v) is 18.2. The van der Waals surface area contributed by atoms with E-state index < -0.39 is 12.0 Å². The van der Waals surface area contributed by atoms with Gasteiger partial charge in [0.05, 0.1) is 12.3 Å². The van der Waals surface area contributed by atoms with E-state index in [1.165, 1.54) is 6.07 Å². The van der Waals surface area contributed by atoms with E-state index in [4.69, 9.17) is 4.74 Å². The van der Waals surface area contributed by atoms with E-state index in [2.05, 4.69) is 21.2 Å². The van der Waals surface area contributed by atoms with Crippen LogP contribution in [0.25, 0.3) is 0 Å². The summed E-state index contributed by atoms with van der Waals surface area (Å²) in [4.78, 5) is 28.7. The van der Waals surface area contributed by atoms with Gasteiger partial charge in [0, 0.05) is 34.7 Å². The first-order valence-corrected chi connectivity index (χ1v) is 10.8. The highest BCUT2D eigenvalue weighted by atomic mass is 79.9. The molecule has 0 unspecified atom stereocenters. The summed E-state index contributed by atoms with van der Waals surface area (Å²) < 4.78 is 20.2. The van der Waals surface area contributed by atoms with Crippen LogP contribution >= 0.6 is 15.9 Å². The van der Waals surface area contributed by atoms with E-state index in [-0.39, 0.29) is 18.0 Å². The van der Waals surface area contributed by atoms with Gasteiger partial charge in [-0.1, -0.05) is 34.1 Å². The van der Waals surface area contributed by atoms with Gasteiger partial charge in [0.2, 0.25) is 0 Å². The van der Waals surface area contributed by atoms with Crippen molar-refractivity contribution in [2.75, 3.05) is 25.0 Å². The molecule has 30 heavy (non-hydrogen) atoms. The van der Waals surface area contributed by atoms with Gasteiger partial charge in [-0.2, -0.15) is 0 Å². The monoisotopic (exact) mass is 475 g/mol. The number of halogens is 2. The van der Waals surface area contributed by atoms with Crippen LogP contribution in [-0.2, 0) is 4.74 Å². The lowest BCUT2D eigenvalue weighted by molar-refractivity contribution is 0.0496. The molecule has 1 fully saturated rings. The van der Waals surface area contributed by atoms with Crippen molar-refractivity contribution in [1.82, 2.24) is 9.80 Å². The number of amides is 2. The fraction of sp³-hybridized carbons (Fsp3) is 0.364. The topological polar surface area (TPSA) is 61.9 Å². The van der Waals surface area contributed by atoms with Crippen molar-refractivity contribution in [3.05, 3.63) is 63.9 Å². The fourth-order valence-electron chi connectivity index (χ4n) is 4.16. The van der Waals surface area contributed by atoms with Crippen LogP contribution < -0.4 is 5.32 Å². The van der Waals surface area contributed by atoms with E-state index >= 15 is 0 Å². The van der Waals surface area contributed by atoms with Gasteiger partial charge in [-0.15, -0.1) is 0 Å². The number of nitrogens with one attached hydrogen (secondary N) is 1. The maximum absolute atomic E-state index is 14.5. The minimum absolute atomic E-state index is 0.0633. The summed E-state index contributed by atoms with van der Waals surface area (Å²) in [6.45, 7) is 3.15. The molecule has 158 valence electrons. The Morgan fingerprint density at radius 1 is 1.23 bits per heavy atom. The Balaban J connectivity index is 1.58. The van der Waals surface area contributed by atoms with E-state index in [0.717, 1.165) is 5.56 Å². The van der Waals surface area contributed by atoms with E-state index in [1.54, 1.807) is 34.9 Å². The summed E-state index contributed by atoms with van der Waals surface area (Å²) in [5.74, 6) is -0.464. The highest BCUT2D eigenvalue weighted by Gasteiger charge is 2.42. The Bertz CT molecular complexity index is 962. The van der Waals surface area contributed by atoms with Crippen molar-refractivity contribution < 1.29 is 18.7 Å². The number of carbonyl (C=O) groups is 2. The summed E-state index contributed by atoms with van der Waals surface area (Å²) in [5, 5.41) is 3.23. The second kappa shape index (κ2) is 8.63. The van der Waals surface area contributed by atoms with Gasteiger partial charge in [-0.05, 0) is 44.0 Å². The second-order valence-electron chi connectivity index (χ2n) is 7.39. The number of ether oxygens (including phenoxy) is 1. The van der Waals surface area contributed by atoms with Crippen LogP contribution in [0.2, 0.25) is 0 Å². The van der Waals surface area contributed by atoms with Crippen molar-refractivity contribution >= 4 is 33.6 Å². The van der Waals surface area contributed by atoms with Crippen LogP contribution in [0, 0.1) is 5.82 Å². The molecule has 2 amide bonds. The maximum atomic E-state index is 14.5. The van der Waals surface area contributed by atoms with Crippen LogP contribution in [0.5, 0.6) is 0 Å². The number of nitrogens with zero attached hydrogens (tertiary/aromatic N) is 2. The van der Waals surface area contributed by atoms with Crippen molar-refractivity contribution in [1.29, 1.82) is 0 Å². The zero-order chi connectivity index (χ0) is 21.3. The lowest BCUT2D eigenvalue weighted by Crippen LogP contribution is -2.49. The van der Waals surface area contributed by atoms with Crippen molar-refractivity contribution in [3.63, 3.8) is 0 Å². The Hall–Kier alpha value is -2.61. The molecule has 0 aliphatic carbocycles. The molecule has 6 nitrogen and oxygen atoms in total. The molecule has 2 aromatic rings. The first kappa shape index (κ1) is 20.7. The maximum Gasteiger partial charge on any atom is 0.409 e. The molecule has 2 aliphatic rings. The van der Waals surface area contributed by atoms with Crippen molar-refractivity contribution in [2.24, 2.45) is 0 Å². The third kappa shape index (κ3) is 3.88. The third-order valence-corrected chi connectivity index (χ3v) is 6.10. The number of hydrogen-bond acceptors (Lipinski definition) is 4. The number of likely N-dealkylation sites (tertiary alicyclic amines) is 1. The lowest BCUT2D eigenvalue weighted by Gasteiger charge is -2.39. The molecule has 0 bridgehead atoms. The second-order valence-corrected chi connectivity index (χ2v) is 8.30. The number of carbonyl (C=O) groups excluding carboxylic acids is 2. The number of benzene rings is 2. The SMILES string of the molecule is CCOC(=O)N1CCC(N2C(=O)c3ccccc3[C@@H]2Nc2ccc(Br)cc2F)CC1. The molecule has 1 atom stereocenters. The number of fused-ring (bicyclic) bond motifs is 1. The summed E-state index contributed by atoms with van der Waals surface area (Å²) in [6, 6.07) is 12.2. The quantitative estimate of drug-likeness (QED) is 0.691. The van der Waals surface area contributed by atoms with Gasteiger partial charge in [0.25, 0.3) is 5.91 Å². The molecule has 1 saturated heterocycles. The highest BCUT2D eigenvalue weighted by Crippen LogP contribution is 2.38. The van der Waals surface area contributed by atoms with Crippen LogP contribution in [-0.4, -0.2) is 47.5 Å². The Kier molecular flexibility index (Phi) is 5.94. The fourth-order valence-corrected chi connectivity index (χ4v) is 4.49. The predicted molar refractivity (Wildman–Crippen MR) is 115 cm³/mol. The highest BCUT2D eigenvalue weighted by molar-refractivity contribution is 9.10. The predicted octanol–water partition coefficient (Wildman–Crippen LogP) is 4.78. The molecular weight excluding hydrogens is 453 g/mol. The molecular formula is C22H23BrFN3O3. The average molecular weight is 476 g/mol. The van der Waals surface area contributed by atoms with Crippen molar-refractivity contribution in [2.45, 2.75) is 32.0 Å². The molecule has 2 heterocycles. The standard InChI is InChI=1S/C22H23BrFN3O3/c1-2-30-22(29)26-11-9-15(10-12-26)27-20(16-5-3-4-6-17(16)21(27)28)25-19-8-7-14(23)13-18(19)24/h3-8,13,15,20,25H,2,9-12H2,1H3/t20-/m1/s1. The first-order valence-electron chi connectivity index (χ1n) is 10.0. The lowest BCUT2D eigenvalue weighted by atomic mass is 10.0. The van der Waals surface area contributed by atoms with Gasteiger partial charge in [0.1, 0.15) is 12.0 Å². The molecule has 2 aliphatic heterocycles. The molecule has 0 aromatic heterocycles. The summed E-state index contributed by atoms with van der Waals surface area (Å²) >= 11 is 3.27.